The number of imidazole rings is 1. The molecule has 0 saturated carbocycles. The predicted molar refractivity (Wildman–Crippen MR) is 191 cm³/mol. The zero-order valence-corrected chi connectivity index (χ0v) is 30.1. The molecule has 0 spiro atoms. The molecule has 0 radical (unpaired) electrons. The van der Waals surface area contributed by atoms with Crippen molar-refractivity contribution in [2.75, 3.05) is 0 Å². The maximum atomic E-state index is 11.3. The van der Waals surface area contributed by atoms with E-state index in [0.29, 0.717) is 11.4 Å². The molecule has 0 atom stereocenters. The first-order valence-corrected chi connectivity index (χ1v) is 15.8. The van der Waals surface area contributed by atoms with Crippen LogP contribution in [0, 0.1) is 33.8 Å². The van der Waals surface area contributed by atoms with E-state index < -0.39 is 0 Å². The van der Waals surface area contributed by atoms with Gasteiger partial charge in [0.2, 0.25) is 0 Å². The van der Waals surface area contributed by atoms with E-state index in [1.807, 2.05) is 37.4 Å². The topological polar surface area (TPSA) is 50.9 Å². The van der Waals surface area contributed by atoms with Gasteiger partial charge in [-0.3, -0.25) is 9.55 Å². The number of phenols is 1. The number of aromatic nitrogens is 3. The first-order valence-electron chi connectivity index (χ1n) is 15.8. The third-order valence-corrected chi connectivity index (χ3v) is 8.98. The smallest absolute Gasteiger partial charge is 0.148 e. The fraction of sp³-hybridized carbons (Fsp3) is 0.190. The Morgan fingerprint density at radius 2 is 1.32 bits per heavy atom. The second-order valence-corrected chi connectivity index (χ2v) is 13.5. The molecule has 7 aromatic rings. The molecule has 1 N–H and O–H groups in total. The van der Waals surface area contributed by atoms with Crippen LogP contribution in [0.5, 0.6) is 5.75 Å². The van der Waals surface area contributed by atoms with E-state index in [4.69, 9.17) is 9.97 Å². The average Bonchev–Trinajstić information content (AvgIpc) is 3.40. The minimum atomic E-state index is -0.00254. The van der Waals surface area contributed by atoms with Crippen molar-refractivity contribution in [1.82, 2.24) is 14.5 Å². The number of nitrogens with zero attached hydrogens (tertiary/aromatic N) is 3. The molecule has 0 aliphatic rings. The van der Waals surface area contributed by atoms with Gasteiger partial charge in [0.25, 0.3) is 0 Å². The second-order valence-electron chi connectivity index (χ2n) is 13.5. The van der Waals surface area contributed by atoms with Crippen molar-refractivity contribution in [3.8, 4) is 45.1 Å². The Bertz CT molecular complexity index is 2290. The monoisotopic (exact) mass is 795 g/mol. The number of hydrogen-bond acceptors (Lipinski definition) is 3. The number of phenolic OH excluding ortho intramolecular Hbond substituents is 1. The van der Waals surface area contributed by atoms with Gasteiger partial charge >= 0.3 is 0 Å². The number of rotatable bonds is 4. The summed E-state index contributed by atoms with van der Waals surface area (Å²) in [5, 5.41) is 12.4. The van der Waals surface area contributed by atoms with Crippen molar-refractivity contribution in [2.24, 2.45) is 0 Å². The molecule has 2 heterocycles. The molecule has 0 bridgehead atoms. The zero-order chi connectivity index (χ0) is 32.3. The molecule has 2 aromatic heterocycles. The van der Waals surface area contributed by atoms with Gasteiger partial charge in [-0.15, -0.1) is 35.4 Å². The van der Waals surface area contributed by atoms with Crippen LogP contribution in [0.25, 0.3) is 61.3 Å². The van der Waals surface area contributed by atoms with E-state index in [-0.39, 0.29) is 32.2 Å². The summed E-state index contributed by atoms with van der Waals surface area (Å²) in [6, 6.07) is 35.2. The molecule has 0 amide bonds. The van der Waals surface area contributed by atoms with Crippen molar-refractivity contribution in [2.45, 2.75) is 53.9 Å². The number of aryl methyl sites for hydroxylation is 4. The predicted octanol–water partition coefficient (Wildman–Crippen LogP) is 10.6. The van der Waals surface area contributed by atoms with Gasteiger partial charge in [-0.05, 0) is 78.9 Å². The van der Waals surface area contributed by atoms with Crippen LogP contribution in [0.15, 0.2) is 97.2 Å². The van der Waals surface area contributed by atoms with Crippen LogP contribution in [0.1, 0.15) is 48.6 Å². The minimum absolute atomic E-state index is 0. The van der Waals surface area contributed by atoms with E-state index >= 15 is 0 Å². The van der Waals surface area contributed by atoms with E-state index in [9.17, 15) is 5.11 Å². The quantitative estimate of drug-likeness (QED) is 0.181. The van der Waals surface area contributed by atoms with Gasteiger partial charge in [-0.25, -0.2) is 4.98 Å². The van der Waals surface area contributed by atoms with Crippen molar-refractivity contribution in [3.05, 3.63) is 131 Å². The van der Waals surface area contributed by atoms with Crippen LogP contribution in [-0.2, 0) is 26.5 Å². The summed E-state index contributed by atoms with van der Waals surface area (Å²) >= 11 is 0. The summed E-state index contributed by atoms with van der Waals surface area (Å²) in [5.41, 5.74) is 14.2. The maximum Gasteiger partial charge on any atom is 0.148 e. The van der Waals surface area contributed by atoms with Crippen molar-refractivity contribution in [1.29, 1.82) is 0 Å². The molecule has 238 valence electrons. The van der Waals surface area contributed by atoms with E-state index in [0.717, 1.165) is 61.2 Å². The average molecular weight is 796 g/mol. The van der Waals surface area contributed by atoms with Gasteiger partial charge in [0.15, 0.2) is 0 Å². The largest absolute Gasteiger partial charge is 0.507 e. The fourth-order valence-corrected chi connectivity index (χ4v) is 6.92. The van der Waals surface area contributed by atoms with Gasteiger partial charge in [-0.1, -0.05) is 92.1 Å². The van der Waals surface area contributed by atoms with Crippen LogP contribution >= 0.6 is 0 Å². The number of para-hydroxylation sites is 2. The molecule has 4 nitrogen and oxygen atoms in total. The normalized spacial score (nSPS) is 11.6. The summed E-state index contributed by atoms with van der Waals surface area (Å²) in [7, 11) is 0. The Balaban J connectivity index is 0.00000386. The van der Waals surface area contributed by atoms with Gasteiger partial charge in [-0.2, -0.15) is 0 Å². The van der Waals surface area contributed by atoms with Crippen molar-refractivity contribution in [3.63, 3.8) is 0 Å². The molecular formula is C42H38N3OPt-. The minimum Gasteiger partial charge on any atom is -0.507 e. The Hall–Kier alpha value is -4.53. The molecule has 0 aliphatic carbocycles. The van der Waals surface area contributed by atoms with Crippen molar-refractivity contribution >= 4 is 21.9 Å². The van der Waals surface area contributed by atoms with Crippen LogP contribution in [0.3, 0.4) is 0 Å². The van der Waals surface area contributed by atoms with E-state index in [1.165, 1.54) is 16.5 Å². The number of fused-ring (bicyclic) bond motifs is 2. The fourth-order valence-electron chi connectivity index (χ4n) is 6.92. The first kappa shape index (κ1) is 32.4. The Labute approximate surface area is 291 Å². The molecule has 0 fully saturated rings. The molecule has 5 aromatic carbocycles. The molecule has 0 aliphatic heterocycles. The molecule has 7 rings (SSSR count). The number of aromatic hydroxyl groups is 1. The molecule has 47 heavy (non-hydrogen) atoms. The van der Waals surface area contributed by atoms with Gasteiger partial charge in [0, 0.05) is 32.8 Å². The van der Waals surface area contributed by atoms with Gasteiger partial charge in [0.05, 0.1) is 22.3 Å². The maximum absolute atomic E-state index is 11.3. The molecule has 0 unspecified atom stereocenters. The summed E-state index contributed by atoms with van der Waals surface area (Å²) < 4.78 is 2.21. The standard InChI is InChI=1S/C42H38N3O.Pt/c1-25-22-27(3)39(28(4)23-25)45-36-18-10-15-31(38(36)44-41(45)34-16-8-12-26(2)40(34)46)29-13-9-14-30(24-29)32-19-20-35(42(5,6)7)33-17-11-21-43-37(32)33;/h8-23,46H,1-7H3;/q-1;. The van der Waals surface area contributed by atoms with Gasteiger partial charge < -0.3 is 5.11 Å². The summed E-state index contributed by atoms with van der Waals surface area (Å²) in [5.74, 6) is 0.956. The zero-order valence-electron chi connectivity index (χ0n) is 27.8. The molecule has 5 heteroatoms. The van der Waals surface area contributed by atoms with Crippen molar-refractivity contribution < 1.29 is 26.2 Å². The Morgan fingerprint density at radius 3 is 2.02 bits per heavy atom. The van der Waals surface area contributed by atoms with E-state index in [1.54, 1.807) is 0 Å². The number of pyridine rings is 1. The third kappa shape index (κ3) is 5.59. The van der Waals surface area contributed by atoms with E-state index in [2.05, 4.69) is 119 Å². The SMILES string of the molecule is Cc1cc(C)c(-n2c(-c3cccc(C)c3O)nc3c(-c4[c-]c(-c5ccc(C(C)(C)C)c6cccnc56)ccc4)cccc32)c(C)c1.[Pt]. The number of hydrogen-bond donors (Lipinski definition) is 1. The Kier molecular flexibility index (Phi) is 8.44. The molecular weight excluding hydrogens is 758 g/mol. The van der Waals surface area contributed by atoms with Gasteiger partial charge in [0.1, 0.15) is 11.6 Å². The summed E-state index contributed by atoms with van der Waals surface area (Å²) in [6.07, 6.45) is 1.87. The third-order valence-electron chi connectivity index (χ3n) is 8.98. The Morgan fingerprint density at radius 1 is 0.681 bits per heavy atom. The van der Waals surface area contributed by atoms with Crippen LogP contribution < -0.4 is 0 Å². The summed E-state index contributed by atoms with van der Waals surface area (Å²) in [6.45, 7) is 15.1. The first-order chi connectivity index (χ1) is 22.0. The van der Waals surface area contributed by atoms with Crippen LogP contribution in [0.2, 0.25) is 0 Å². The number of benzene rings is 5. The molecule has 0 saturated heterocycles. The second kappa shape index (κ2) is 12.2. The van der Waals surface area contributed by atoms with Crippen LogP contribution in [-0.4, -0.2) is 19.6 Å². The van der Waals surface area contributed by atoms with Crippen LogP contribution in [0.4, 0.5) is 0 Å². The summed E-state index contributed by atoms with van der Waals surface area (Å²) in [4.78, 5) is 10.1.